The van der Waals surface area contributed by atoms with E-state index in [1.807, 2.05) is 6.92 Å². The van der Waals surface area contributed by atoms with E-state index < -0.39 is 5.97 Å². The Morgan fingerprint density at radius 1 is 1.67 bits per heavy atom. The number of ether oxygens (including phenoxy) is 1. The molecule has 0 aromatic rings. The van der Waals surface area contributed by atoms with Crippen molar-refractivity contribution < 1.29 is 14.6 Å². The van der Waals surface area contributed by atoms with Crippen LogP contribution in [-0.4, -0.2) is 47.8 Å². The Morgan fingerprint density at radius 3 is 2.87 bits per heavy atom. The average molecular weight is 215 g/mol. The van der Waals surface area contributed by atoms with Crippen LogP contribution in [0.15, 0.2) is 0 Å². The fourth-order valence-corrected chi connectivity index (χ4v) is 2.05. The van der Waals surface area contributed by atoms with E-state index in [4.69, 9.17) is 9.84 Å². The van der Waals surface area contributed by atoms with Crippen LogP contribution >= 0.6 is 0 Å². The standard InChI is InChI=1S/C11H21NO3/c1-3-12(9(2)7-11(13)14)8-10-5-4-6-15-10/h9-10H,3-8H2,1-2H3,(H,13,14). The molecule has 0 aromatic heterocycles. The molecule has 1 heterocycles. The fraction of sp³-hybridized carbons (Fsp3) is 0.909. The quantitative estimate of drug-likeness (QED) is 0.726. The van der Waals surface area contributed by atoms with Gasteiger partial charge in [0.15, 0.2) is 0 Å². The summed E-state index contributed by atoms with van der Waals surface area (Å²) < 4.78 is 5.55. The highest BCUT2D eigenvalue weighted by Gasteiger charge is 2.22. The van der Waals surface area contributed by atoms with Gasteiger partial charge in [0.2, 0.25) is 0 Å². The molecule has 0 aromatic carbocycles. The molecule has 0 spiro atoms. The lowest BCUT2D eigenvalue weighted by Crippen LogP contribution is -2.39. The van der Waals surface area contributed by atoms with E-state index in [1.165, 1.54) is 0 Å². The van der Waals surface area contributed by atoms with Crippen LogP contribution in [0.5, 0.6) is 0 Å². The highest BCUT2D eigenvalue weighted by Crippen LogP contribution is 2.15. The predicted octanol–water partition coefficient (Wildman–Crippen LogP) is 1.35. The molecule has 1 rings (SSSR count). The Bertz CT molecular complexity index is 202. The van der Waals surface area contributed by atoms with Crippen molar-refractivity contribution in [1.29, 1.82) is 0 Å². The molecular weight excluding hydrogens is 194 g/mol. The van der Waals surface area contributed by atoms with Gasteiger partial charge < -0.3 is 9.84 Å². The van der Waals surface area contributed by atoms with Crippen molar-refractivity contribution in [3.8, 4) is 0 Å². The molecule has 4 heteroatoms. The third-order valence-corrected chi connectivity index (χ3v) is 2.96. The number of nitrogens with zero attached hydrogens (tertiary/aromatic N) is 1. The number of hydrogen-bond donors (Lipinski definition) is 1. The molecule has 0 amide bonds. The zero-order valence-corrected chi connectivity index (χ0v) is 9.61. The lowest BCUT2D eigenvalue weighted by atomic mass is 10.1. The highest BCUT2D eigenvalue weighted by molar-refractivity contribution is 5.67. The molecule has 2 atom stereocenters. The minimum absolute atomic E-state index is 0.0942. The van der Waals surface area contributed by atoms with Crippen molar-refractivity contribution in [3.63, 3.8) is 0 Å². The van der Waals surface area contributed by atoms with E-state index >= 15 is 0 Å². The van der Waals surface area contributed by atoms with Crippen LogP contribution in [0.4, 0.5) is 0 Å². The molecule has 15 heavy (non-hydrogen) atoms. The number of likely N-dealkylation sites (N-methyl/N-ethyl adjacent to an activating group) is 1. The van der Waals surface area contributed by atoms with Gasteiger partial charge in [-0.15, -0.1) is 0 Å². The Balaban J connectivity index is 2.35. The van der Waals surface area contributed by atoms with Gasteiger partial charge >= 0.3 is 5.97 Å². The second-order valence-electron chi connectivity index (χ2n) is 4.17. The molecule has 0 aliphatic carbocycles. The van der Waals surface area contributed by atoms with Crippen LogP contribution in [0.1, 0.15) is 33.1 Å². The fourth-order valence-electron chi connectivity index (χ4n) is 2.05. The third kappa shape index (κ3) is 4.18. The van der Waals surface area contributed by atoms with E-state index in [0.717, 1.165) is 32.5 Å². The topological polar surface area (TPSA) is 49.8 Å². The molecule has 2 unspecified atom stereocenters. The molecule has 1 aliphatic rings. The predicted molar refractivity (Wildman–Crippen MR) is 57.9 cm³/mol. The van der Waals surface area contributed by atoms with Crippen LogP contribution in [0.3, 0.4) is 0 Å². The van der Waals surface area contributed by atoms with Gasteiger partial charge in [-0.25, -0.2) is 0 Å². The summed E-state index contributed by atoms with van der Waals surface area (Å²) in [6, 6.07) is 0.0942. The van der Waals surface area contributed by atoms with Gasteiger partial charge in [0.1, 0.15) is 0 Å². The first-order chi connectivity index (χ1) is 7.13. The lowest BCUT2D eigenvalue weighted by Gasteiger charge is -2.28. The third-order valence-electron chi connectivity index (χ3n) is 2.96. The molecule has 4 nitrogen and oxygen atoms in total. The van der Waals surface area contributed by atoms with E-state index in [-0.39, 0.29) is 12.5 Å². The summed E-state index contributed by atoms with van der Waals surface area (Å²) in [7, 11) is 0. The monoisotopic (exact) mass is 215 g/mol. The van der Waals surface area contributed by atoms with Crippen LogP contribution in [0, 0.1) is 0 Å². The summed E-state index contributed by atoms with van der Waals surface area (Å²) in [5.74, 6) is -0.728. The zero-order valence-electron chi connectivity index (χ0n) is 9.61. The Hall–Kier alpha value is -0.610. The average Bonchev–Trinajstić information content (AvgIpc) is 2.65. The number of carboxylic acid groups (broad SMARTS) is 1. The van der Waals surface area contributed by atoms with Crippen LogP contribution in [0.25, 0.3) is 0 Å². The first-order valence-corrected chi connectivity index (χ1v) is 5.71. The minimum atomic E-state index is -0.728. The second-order valence-corrected chi connectivity index (χ2v) is 4.17. The Morgan fingerprint density at radius 2 is 2.40 bits per heavy atom. The van der Waals surface area contributed by atoms with E-state index in [1.54, 1.807) is 0 Å². The van der Waals surface area contributed by atoms with Gasteiger partial charge in [0.25, 0.3) is 0 Å². The van der Waals surface area contributed by atoms with E-state index in [0.29, 0.717) is 6.10 Å². The number of aliphatic carboxylic acids is 1. The largest absolute Gasteiger partial charge is 0.481 e. The number of hydrogen-bond acceptors (Lipinski definition) is 3. The van der Waals surface area contributed by atoms with Crippen LogP contribution in [0.2, 0.25) is 0 Å². The van der Waals surface area contributed by atoms with Crippen LogP contribution in [-0.2, 0) is 9.53 Å². The van der Waals surface area contributed by atoms with E-state index in [2.05, 4.69) is 11.8 Å². The summed E-state index contributed by atoms with van der Waals surface area (Å²) in [5.41, 5.74) is 0. The minimum Gasteiger partial charge on any atom is -0.481 e. The zero-order chi connectivity index (χ0) is 11.3. The van der Waals surface area contributed by atoms with Gasteiger partial charge in [-0.2, -0.15) is 0 Å². The first kappa shape index (κ1) is 12.5. The van der Waals surface area contributed by atoms with Gasteiger partial charge in [-0.3, -0.25) is 9.69 Å². The number of carboxylic acids is 1. The van der Waals surface area contributed by atoms with Gasteiger partial charge in [0.05, 0.1) is 12.5 Å². The van der Waals surface area contributed by atoms with Crippen LogP contribution < -0.4 is 0 Å². The van der Waals surface area contributed by atoms with Crippen molar-refractivity contribution in [2.24, 2.45) is 0 Å². The molecule has 88 valence electrons. The maximum Gasteiger partial charge on any atom is 0.304 e. The second kappa shape index (κ2) is 6.08. The molecule has 0 bridgehead atoms. The molecule has 0 radical (unpaired) electrons. The highest BCUT2D eigenvalue weighted by atomic mass is 16.5. The lowest BCUT2D eigenvalue weighted by molar-refractivity contribution is -0.138. The summed E-state index contributed by atoms with van der Waals surface area (Å²) >= 11 is 0. The number of carbonyl (C=O) groups is 1. The summed E-state index contributed by atoms with van der Waals surface area (Å²) in [5, 5.41) is 8.73. The van der Waals surface area contributed by atoms with Crippen molar-refractivity contribution >= 4 is 5.97 Å². The smallest absolute Gasteiger partial charge is 0.304 e. The Kier molecular flexibility index (Phi) is 5.05. The summed E-state index contributed by atoms with van der Waals surface area (Å²) in [6.07, 6.45) is 2.76. The van der Waals surface area contributed by atoms with Gasteiger partial charge in [-0.1, -0.05) is 6.92 Å². The molecule has 1 N–H and O–H groups in total. The molecule has 1 saturated heterocycles. The molecule has 1 aliphatic heterocycles. The number of rotatable bonds is 6. The van der Waals surface area contributed by atoms with Crippen molar-refractivity contribution in [2.45, 2.75) is 45.3 Å². The normalized spacial score (nSPS) is 23.3. The molecule has 1 fully saturated rings. The maximum absolute atomic E-state index is 10.6. The van der Waals surface area contributed by atoms with Gasteiger partial charge in [0, 0.05) is 19.2 Å². The summed E-state index contributed by atoms with van der Waals surface area (Å²) in [4.78, 5) is 12.8. The van der Waals surface area contributed by atoms with Crippen molar-refractivity contribution in [2.75, 3.05) is 19.7 Å². The summed E-state index contributed by atoms with van der Waals surface area (Å²) in [6.45, 7) is 6.63. The van der Waals surface area contributed by atoms with E-state index in [9.17, 15) is 4.79 Å². The maximum atomic E-state index is 10.6. The first-order valence-electron chi connectivity index (χ1n) is 5.71. The molecule has 0 saturated carbocycles. The SMILES string of the molecule is CCN(CC1CCCO1)C(C)CC(=O)O. The van der Waals surface area contributed by atoms with Gasteiger partial charge in [-0.05, 0) is 26.3 Å². The van der Waals surface area contributed by atoms with Crippen molar-refractivity contribution in [1.82, 2.24) is 4.90 Å². The molecular formula is C11H21NO3. The van der Waals surface area contributed by atoms with Crippen molar-refractivity contribution in [3.05, 3.63) is 0 Å². The Labute approximate surface area is 91.2 Å².